The van der Waals surface area contributed by atoms with E-state index in [2.05, 4.69) is 17.4 Å². The van der Waals surface area contributed by atoms with Crippen LogP contribution in [0.1, 0.15) is 5.56 Å². The first-order chi connectivity index (χ1) is 10.8. The Balaban J connectivity index is 1.53. The van der Waals surface area contributed by atoms with Gasteiger partial charge >= 0.3 is 0 Å². The normalized spacial score (nSPS) is 10.6. The summed E-state index contributed by atoms with van der Waals surface area (Å²) in [6.07, 6.45) is 0. The molecule has 0 bridgehead atoms. The van der Waals surface area contributed by atoms with Crippen molar-refractivity contribution in [2.45, 2.75) is 6.54 Å². The van der Waals surface area contributed by atoms with Gasteiger partial charge in [-0.25, -0.2) is 0 Å². The summed E-state index contributed by atoms with van der Waals surface area (Å²) in [7, 11) is 0. The summed E-state index contributed by atoms with van der Waals surface area (Å²) >= 11 is 12.0. The predicted octanol–water partition coefficient (Wildman–Crippen LogP) is 4.18. The molecule has 0 aromatic heterocycles. The van der Waals surface area contributed by atoms with E-state index < -0.39 is 0 Å². The van der Waals surface area contributed by atoms with Crippen molar-refractivity contribution < 1.29 is 9.47 Å². The highest BCUT2D eigenvalue weighted by Gasteiger charge is 2.05. The van der Waals surface area contributed by atoms with Gasteiger partial charge in [0.15, 0.2) is 5.75 Å². The molecule has 0 aliphatic rings. The number of rotatable bonds is 9. The van der Waals surface area contributed by atoms with Gasteiger partial charge in [0.2, 0.25) is 0 Å². The van der Waals surface area contributed by atoms with E-state index in [1.54, 1.807) is 18.2 Å². The highest BCUT2D eigenvalue weighted by atomic mass is 35.5. The van der Waals surface area contributed by atoms with Crippen LogP contribution in [0.4, 0.5) is 0 Å². The van der Waals surface area contributed by atoms with Crippen LogP contribution in [0.25, 0.3) is 0 Å². The molecule has 0 heterocycles. The minimum absolute atomic E-state index is 0.419. The zero-order valence-corrected chi connectivity index (χ0v) is 13.7. The maximum Gasteiger partial charge on any atom is 0.156 e. The van der Waals surface area contributed by atoms with Gasteiger partial charge in [-0.15, -0.1) is 0 Å². The summed E-state index contributed by atoms with van der Waals surface area (Å²) < 4.78 is 11.0. The highest BCUT2D eigenvalue weighted by molar-refractivity contribution is 6.37. The molecule has 0 aliphatic carbocycles. The van der Waals surface area contributed by atoms with Gasteiger partial charge in [0.25, 0.3) is 0 Å². The second kappa shape index (κ2) is 9.70. The largest absolute Gasteiger partial charge is 0.488 e. The van der Waals surface area contributed by atoms with Gasteiger partial charge < -0.3 is 14.8 Å². The average molecular weight is 340 g/mol. The molecule has 2 aromatic rings. The Morgan fingerprint density at radius 1 is 0.818 bits per heavy atom. The van der Waals surface area contributed by atoms with E-state index in [1.807, 2.05) is 18.2 Å². The molecule has 2 rings (SSSR count). The van der Waals surface area contributed by atoms with Crippen LogP contribution in [0, 0.1) is 0 Å². The van der Waals surface area contributed by atoms with Crippen molar-refractivity contribution >= 4 is 23.2 Å². The maximum absolute atomic E-state index is 6.01. The third kappa shape index (κ3) is 5.85. The standard InChI is InChI=1S/C17H19Cl2NO2/c18-15-7-4-8-16(19)17(15)22-12-11-21-10-9-20-13-14-5-2-1-3-6-14/h1-8,20H,9-13H2. The van der Waals surface area contributed by atoms with Gasteiger partial charge in [-0.05, 0) is 17.7 Å². The third-order valence-electron chi connectivity index (χ3n) is 2.99. The summed E-state index contributed by atoms with van der Waals surface area (Å²) in [5.74, 6) is 0.511. The van der Waals surface area contributed by atoms with Crippen molar-refractivity contribution in [3.05, 3.63) is 64.1 Å². The highest BCUT2D eigenvalue weighted by Crippen LogP contribution is 2.32. The molecule has 0 amide bonds. The zero-order valence-electron chi connectivity index (χ0n) is 12.2. The first kappa shape index (κ1) is 17.1. The molecule has 118 valence electrons. The minimum Gasteiger partial charge on any atom is -0.488 e. The van der Waals surface area contributed by atoms with Crippen molar-refractivity contribution in [3.63, 3.8) is 0 Å². The number of ether oxygens (including phenoxy) is 2. The van der Waals surface area contributed by atoms with Gasteiger partial charge in [-0.2, -0.15) is 0 Å². The number of para-hydroxylation sites is 1. The van der Waals surface area contributed by atoms with Crippen molar-refractivity contribution in [1.29, 1.82) is 0 Å². The summed E-state index contributed by atoms with van der Waals surface area (Å²) in [6.45, 7) is 3.18. The predicted molar refractivity (Wildman–Crippen MR) is 90.9 cm³/mol. The number of nitrogens with one attached hydrogen (secondary N) is 1. The average Bonchev–Trinajstić information content (AvgIpc) is 2.53. The number of benzene rings is 2. The summed E-state index contributed by atoms with van der Waals surface area (Å²) in [4.78, 5) is 0. The Morgan fingerprint density at radius 2 is 1.55 bits per heavy atom. The van der Waals surface area contributed by atoms with E-state index in [-0.39, 0.29) is 0 Å². The molecular weight excluding hydrogens is 321 g/mol. The molecule has 0 atom stereocenters. The summed E-state index contributed by atoms with van der Waals surface area (Å²) in [6, 6.07) is 15.5. The van der Waals surface area contributed by atoms with E-state index in [1.165, 1.54) is 5.56 Å². The fourth-order valence-electron chi connectivity index (χ4n) is 1.90. The Hall–Kier alpha value is -1.26. The van der Waals surface area contributed by atoms with E-state index in [0.29, 0.717) is 35.6 Å². The third-order valence-corrected chi connectivity index (χ3v) is 3.58. The van der Waals surface area contributed by atoms with Crippen molar-refractivity contribution in [2.24, 2.45) is 0 Å². The second-order valence-corrected chi connectivity index (χ2v) is 5.49. The van der Waals surface area contributed by atoms with Crippen LogP contribution in [0.15, 0.2) is 48.5 Å². The fourth-order valence-corrected chi connectivity index (χ4v) is 2.40. The molecule has 22 heavy (non-hydrogen) atoms. The Labute approximate surface area is 141 Å². The van der Waals surface area contributed by atoms with Gasteiger partial charge in [-0.3, -0.25) is 0 Å². The van der Waals surface area contributed by atoms with Gasteiger partial charge in [0, 0.05) is 13.1 Å². The summed E-state index contributed by atoms with van der Waals surface area (Å²) in [5, 5.41) is 4.34. The number of hydrogen-bond donors (Lipinski definition) is 1. The minimum atomic E-state index is 0.419. The van der Waals surface area contributed by atoms with Gasteiger partial charge in [0.05, 0.1) is 23.3 Å². The first-order valence-electron chi connectivity index (χ1n) is 7.16. The molecule has 0 aliphatic heterocycles. The van der Waals surface area contributed by atoms with Crippen LogP contribution < -0.4 is 10.1 Å². The molecule has 5 heteroatoms. The van der Waals surface area contributed by atoms with Gasteiger partial charge in [-0.1, -0.05) is 59.6 Å². The molecule has 2 aromatic carbocycles. The molecule has 0 saturated carbocycles. The molecule has 0 spiro atoms. The molecule has 3 nitrogen and oxygen atoms in total. The molecule has 1 N–H and O–H groups in total. The van der Waals surface area contributed by atoms with Crippen LogP contribution in [-0.2, 0) is 11.3 Å². The van der Waals surface area contributed by atoms with Crippen LogP contribution >= 0.6 is 23.2 Å². The molecule has 0 saturated heterocycles. The van der Waals surface area contributed by atoms with Crippen LogP contribution in [0.2, 0.25) is 10.0 Å². The molecule has 0 fully saturated rings. The fraction of sp³-hybridized carbons (Fsp3) is 0.294. The van der Waals surface area contributed by atoms with Crippen molar-refractivity contribution in [1.82, 2.24) is 5.32 Å². The lowest BCUT2D eigenvalue weighted by Gasteiger charge is -2.10. The smallest absolute Gasteiger partial charge is 0.156 e. The van der Waals surface area contributed by atoms with Crippen LogP contribution in [0.5, 0.6) is 5.75 Å². The number of halogens is 2. The zero-order chi connectivity index (χ0) is 15.6. The summed E-state index contributed by atoms with van der Waals surface area (Å²) in [5.41, 5.74) is 1.26. The first-order valence-corrected chi connectivity index (χ1v) is 7.92. The molecular formula is C17H19Cl2NO2. The second-order valence-electron chi connectivity index (χ2n) is 4.67. The van der Waals surface area contributed by atoms with Gasteiger partial charge in [0.1, 0.15) is 6.61 Å². The lowest BCUT2D eigenvalue weighted by Crippen LogP contribution is -2.20. The van der Waals surface area contributed by atoms with Crippen molar-refractivity contribution in [3.8, 4) is 5.75 Å². The van der Waals surface area contributed by atoms with Crippen molar-refractivity contribution in [2.75, 3.05) is 26.4 Å². The van der Waals surface area contributed by atoms with E-state index >= 15 is 0 Å². The Bertz CT molecular complexity index is 544. The topological polar surface area (TPSA) is 30.5 Å². The SMILES string of the molecule is Clc1cccc(Cl)c1OCCOCCNCc1ccccc1. The molecule has 0 radical (unpaired) electrons. The van der Waals surface area contributed by atoms with Crippen LogP contribution in [-0.4, -0.2) is 26.4 Å². The van der Waals surface area contributed by atoms with E-state index in [9.17, 15) is 0 Å². The van der Waals surface area contributed by atoms with E-state index in [0.717, 1.165) is 13.1 Å². The molecule has 0 unspecified atom stereocenters. The van der Waals surface area contributed by atoms with Crippen LogP contribution in [0.3, 0.4) is 0 Å². The monoisotopic (exact) mass is 339 g/mol. The lowest BCUT2D eigenvalue weighted by molar-refractivity contribution is 0.102. The number of hydrogen-bond acceptors (Lipinski definition) is 3. The quantitative estimate of drug-likeness (QED) is 0.695. The Kier molecular flexibility index (Phi) is 7.54. The lowest BCUT2D eigenvalue weighted by atomic mass is 10.2. The Morgan fingerprint density at radius 3 is 2.27 bits per heavy atom. The van der Waals surface area contributed by atoms with E-state index in [4.69, 9.17) is 32.7 Å². The maximum atomic E-state index is 6.01.